The van der Waals surface area contributed by atoms with E-state index in [-0.39, 0.29) is 5.82 Å². The third-order valence-electron chi connectivity index (χ3n) is 2.63. The largest absolute Gasteiger partial charge is 0.396 e. The highest BCUT2D eigenvalue weighted by atomic mass is 32.1. The standard InChI is InChI=1S/C10H11F3N2S/c11-10(12,13)5-8-14-7-4-2-1-3-6(7)9(16)15-8/h1-5H2,(H,14,15,16). The van der Waals surface area contributed by atoms with Crippen LogP contribution in [0.25, 0.3) is 0 Å². The van der Waals surface area contributed by atoms with Crippen LogP contribution in [0.4, 0.5) is 13.2 Å². The van der Waals surface area contributed by atoms with Crippen LogP contribution in [0, 0.1) is 4.64 Å². The normalized spacial score (nSPS) is 15.9. The summed E-state index contributed by atoms with van der Waals surface area (Å²) in [4.78, 5) is 6.58. The van der Waals surface area contributed by atoms with E-state index in [1.807, 2.05) is 0 Å². The van der Waals surface area contributed by atoms with Crippen molar-refractivity contribution in [2.24, 2.45) is 0 Å². The molecule has 16 heavy (non-hydrogen) atoms. The lowest BCUT2D eigenvalue weighted by atomic mass is 9.97. The molecule has 0 aromatic carbocycles. The second kappa shape index (κ2) is 4.16. The van der Waals surface area contributed by atoms with E-state index in [0.717, 1.165) is 36.9 Å². The Morgan fingerprint density at radius 3 is 2.62 bits per heavy atom. The maximum absolute atomic E-state index is 12.2. The molecule has 0 fully saturated rings. The van der Waals surface area contributed by atoms with Gasteiger partial charge in [-0.2, -0.15) is 13.2 Å². The van der Waals surface area contributed by atoms with Crippen molar-refractivity contribution in [1.29, 1.82) is 0 Å². The lowest BCUT2D eigenvalue weighted by Crippen LogP contribution is -2.17. The van der Waals surface area contributed by atoms with Crippen LogP contribution in [0.2, 0.25) is 0 Å². The molecule has 0 atom stereocenters. The first kappa shape index (κ1) is 11.6. The average Bonchev–Trinajstić information content (AvgIpc) is 2.15. The van der Waals surface area contributed by atoms with E-state index in [9.17, 15) is 13.2 Å². The predicted octanol–water partition coefficient (Wildman–Crippen LogP) is 3.12. The van der Waals surface area contributed by atoms with Gasteiger partial charge in [-0.3, -0.25) is 0 Å². The molecule has 0 unspecified atom stereocenters. The van der Waals surface area contributed by atoms with Gasteiger partial charge in [-0.05, 0) is 25.7 Å². The fraction of sp³-hybridized carbons (Fsp3) is 0.600. The highest BCUT2D eigenvalue weighted by Gasteiger charge is 2.29. The third-order valence-corrected chi connectivity index (χ3v) is 2.96. The number of fused-ring (bicyclic) bond motifs is 1. The van der Waals surface area contributed by atoms with Gasteiger partial charge in [-0.15, -0.1) is 0 Å². The zero-order valence-corrected chi connectivity index (χ0v) is 9.34. The van der Waals surface area contributed by atoms with Crippen LogP contribution >= 0.6 is 12.2 Å². The minimum Gasteiger partial charge on any atom is -0.347 e. The van der Waals surface area contributed by atoms with Crippen LogP contribution in [0.3, 0.4) is 0 Å². The topological polar surface area (TPSA) is 28.7 Å². The molecule has 0 amide bonds. The zero-order valence-electron chi connectivity index (χ0n) is 8.52. The fourth-order valence-corrected chi connectivity index (χ4v) is 2.28. The number of alkyl halides is 3. The minimum absolute atomic E-state index is 0.0712. The highest BCUT2D eigenvalue weighted by molar-refractivity contribution is 7.71. The maximum Gasteiger partial charge on any atom is 0.396 e. The zero-order chi connectivity index (χ0) is 11.8. The molecule has 0 aliphatic heterocycles. The van der Waals surface area contributed by atoms with Crippen molar-refractivity contribution in [1.82, 2.24) is 9.97 Å². The van der Waals surface area contributed by atoms with E-state index in [1.165, 1.54) is 0 Å². The molecule has 1 aliphatic carbocycles. The van der Waals surface area contributed by atoms with Gasteiger partial charge in [0.2, 0.25) is 0 Å². The van der Waals surface area contributed by atoms with Crippen LogP contribution in [0.1, 0.15) is 29.9 Å². The number of H-pyrrole nitrogens is 1. The monoisotopic (exact) mass is 248 g/mol. The summed E-state index contributed by atoms with van der Waals surface area (Å²) in [7, 11) is 0. The first-order valence-corrected chi connectivity index (χ1v) is 5.54. The number of aromatic amines is 1. The fourth-order valence-electron chi connectivity index (χ4n) is 1.95. The molecule has 88 valence electrons. The number of aromatic nitrogens is 2. The van der Waals surface area contributed by atoms with Crippen molar-refractivity contribution in [2.75, 3.05) is 0 Å². The molecule has 1 aromatic heterocycles. The van der Waals surface area contributed by atoms with Gasteiger partial charge in [-0.25, -0.2) is 4.98 Å². The minimum atomic E-state index is -4.24. The van der Waals surface area contributed by atoms with Crippen molar-refractivity contribution in [3.63, 3.8) is 0 Å². The smallest absolute Gasteiger partial charge is 0.347 e. The van der Waals surface area contributed by atoms with Crippen molar-refractivity contribution in [3.8, 4) is 0 Å². The second-order valence-electron chi connectivity index (χ2n) is 3.94. The summed E-state index contributed by atoms with van der Waals surface area (Å²) in [6.45, 7) is 0. The number of hydrogen-bond acceptors (Lipinski definition) is 2. The summed E-state index contributed by atoms with van der Waals surface area (Å²) in [6, 6.07) is 0. The lowest BCUT2D eigenvalue weighted by molar-refractivity contribution is -0.128. The van der Waals surface area contributed by atoms with E-state index in [4.69, 9.17) is 12.2 Å². The van der Waals surface area contributed by atoms with Crippen molar-refractivity contribution in [3.05, 3.63) is 21.7 Å². The summed E-state index contributed by atoms with van der Waals surface area (Å²) in [5.41, 5.74) is 1.76. The number of nitrogens with one attached hydrogen (secondary N) is 1. The van der Waals surface area contributed by atoms with Gasteiger partial charge in [0.15, 0.2) is 0 Å². The summed E-state index contributed by atoms with van der Waals surface area (Å²) >= 11 is 5.02. The summed E-state index contributed by atoms with van der Waals surface area (Å²) in [6.07, 6.45) is -1.66. The number of hydrogen-bond donors (Lipinski definition) is 1. The summed E-state index contributed by atoms with van der Waals surface area (Å²) in [5.74, 6) is -0.0712. The van der Waals surface area contributed by atoms with E-state index >= 15 is 0 Å². The molecule has 1 aromatic rings. The van der Waals surface area contributed by atoms with Crippen molar-refractivity contribution >= 4 is 12.2 Å². The van der Waals surface area contributed by atoms with Crippen LogP contribution < -0.4 is 0 Å². The molecule has 6 heteroatoms. The SMILES string of the molecule is FC(F)(F)Cc1nc(=S)c2c([nH]1)CCCC2. The molecule has 2 nitrogen and oxygen atoms in total. The van der Waals surface area contributed by atoms with E-state index in [2.05, 4.69) is 9.97 Å². The van der Waals surface area contributed by atoms with Gasteiger partial charge in [0, 0.05) is 11.3 Å². The second-order valence-corrected chi connectivity index (χ2v) is 4.33. The Morgan fingerprint density at radius 2 is 1.94 bits per heavy atom. The molecule has 0 radical (unpaired) electrons. The third kappa shape index (κ3) is 2.61. The van der Waals surface area contributed by atoms with Crippen molar-refractivity contribution < 1.29 is 13.2 Å². The first-order valence-electron chi connectivity index (χ1n) is 5.13. The lowest BCUT2D eigenvalue weighted by Gasteiger charge is -2.16. The predicted molar refractivity (Wildman–Crippen MR) is 55.8 cm³/mol. The summed E-state index contributed by atoms with van der Waals surface area (Å²) < 4.78 is 37.0. The van der Waals surface area contributed by atoms with E-state index in [1.54, 1.807) is 0 Å². The average molecular weight is 248 g/mol. The molecule has 2 rings (SSSR count). The Balaban J connectivity index is 2.36. The van der Waals surface area contributed by atoms with Gasteiger partial charge in [0.25, 0.3) is 0 Å². The number of aryl methyl sites for hydroxylation is 1. The Kier molecular flexibility index (Phi) is 3.01. The van der Waals surface area contributed by atoms with E-state index < -0.39 is 12.6 Å². The Hall–Kier alpha value is -0.910. The molecule has 1 aliphatic rings. The molecule has 0 bridgehead atoms. The molecule has 1 heterocycles. The van der Waals surface area contributed by atoms with Crippen LogP contribution in [0.15, 0.2) is 0 Å². The van der Waals surface area contributed by atoms with Crippen molar-refractivity contribution in [2.45, 2.75) is 38.3 Å². The van der Waals surface area contributed by atoms with Crippen LogP contribution in [0.5, 0.6) is 0 Å². The number of nitrogens with zero attached hydrogens (tertiary/aromatic N) is 1. The van der Waals surface area contributed by atoms with Gasteiger partial charge in [-0.1, -0.05) is 12.2 Å². The Morgan fingerprint density at radius 1 is 1.25 bits per heavy atom. The van der Waals surface area contributed by atoms with Gasteiger partial charge in [0.1, 0.15) is 16.9 Å². The number of rotatable bonds is 1. The quantitative estimate of drug-likeness (QED) is 0.773. The van der Waals surface area contributed by atoms with Gasteiger partial charge < -0.3 is 4.98 Å². The molecular formula is C10H11F3N2S. The van der Waals surface area contributed by atoms with E-state index in [0.29, 0.717) is 4.64 Å². The van der Waals surface area contributed by atoms with Gasteiger partial charge >= 0.3 is 6.18 Å². The summed E-state index contributed by atoms with van der Waals surface area (Å²) in [5, 5.41) is 0. The van der Waals surface area contributed by atoms with Crippen LogP contribution in [-0.4, -0.2) is 16.1 Å². The molecular weight excluding hydrogens is 237 g/mol. The molecule has 1 N–H and O–H groups in total. The maximum atomic E-state index is 12.2. The van der Waals surface area contributed by atoms with Crippen LogP contribution in [-0.2, 0) is 19.3 Å². The van der Waals surface area contributed by atoms with Gasteiger partial charge in [0.05, 0.1) is 0 Å². The molecule has 0 saturated heterocycles. The first-order chi connectivity index (χ1) is 7.46. The molecule has 0 spiro atoms. The molecule has 0 saturated carbocycles. The Labute approximate surface area is 95.9 Å². The number of halogens is 3. The highest BCUT2D eigenvalue weighted by Crippen LogP contribution is 2.23. The Bertz CT molecular complexity index is 450.